The molecule has 1 heterocycles. The van der Waals surface area contributed by atoms with Gasteiger partial charge in [0.15, 0.2) is 0 Å². The Labute approximate surface area is 91.9 Å². The lowest BCUT2D eigenvalue weighted by Crippen LogP contribution is -1.92. The fraction of sp³-hybridized carbons (Fsp3) is 0.125. The zero-order chi connectivity index (χ0) is 9.68. The third kappa shape index (κ3) is 3.04. The predicted molar refractivity (Wildman–Crippen MR) is 59.2 cm³/mol. The molecule has 0 aliphatic carbocycles. The van der Waals surface area contributed by atoms with Crippen molar-refractivity contribution in [3.8, 4) is 17.1 Å². The van der Waals surface area contributed by atoms with Gasteiger partial charge in [-0.05, 0) is 26.2 Å². The Hall–Kier alpha value is -0.480. The lowest BCUT2D eigenvalue weighted by atomic mass is 10.3. The number of rotatable bonds is 1. The standard InChI is InChI=1S/C8H5FINOS/c1-12-8-6(2-3-13-10)4-7(9)5-11-8/h4-5H,1H3. The first-order valence-electron chi connectivity index (χ1n) is 3.26. The van der Waals surface area contributed by atoms with Crippen LogP contribution in [0.4, 0.5) is 4.39 Å². The third-order valence-electron chi connectivity index (χ3n) is 1.24. The van der Waals surface area contributed by atoms with E-state index in [-0.39, 0.29) is 0 Å². The Morgan fingerprint density at radius 3 is 3.08 bits per heavy atom. The van der Waals surface area contributed by atoms with Gasteiger partial charge in [-0.25, -0.2) is 9.37 Å². The molecule has 0 unspecified atom stereocenters. The van der Waals surface area contributed by atoms with Crippen LogP contribution in [-0.2, 0) is 0 Å². The van der Waals surface area contributed by atoms with Gasteiger partial charge in [-0.3, -0.25) is 0 Å². The van der Waals surface area contributed by atoms with Gasteiger partial charge >= 0.3 is 0 Å². The fourth-order valence-electron chi connectivity index (χ4n) is 0.753. The molecule has 0 saturated carbocycles. The second-order valence-corrected chi connectivity index (χ2v) is 3.69. The van der Waals surface area contributed by atoms with Gasteiger partial charge in [0, 0.05) is 21.2 Å². The van der Waals surface area contributed by atoms with Gasteiger partial charge in [0.1, 0.15) is 5.82 Å². The van der Waals surface area contributed by atoms with E-state index in [9.17, 15) is 4.39 Å². The summed E-state index contributed by atoms with van der Waals surface area (Å²) in [5, 5.41) is 2.73. The first-order chi connectivity index (χ1) is 6.27. The first kappa shape index (κ1) is 10.6. The zero-order valence-corrected chi connectivity index (χ0v) is 9.65. The van der Waals surface area contributed by atoms with Crippen LogP contribution < -0.4 is 4.74 Å². The van der Waals surface area contributed by atoms with E-state index in [4.69, 9.17) is 4.74 Å². The Balaban J connectivity index is 3.08. The highest BCUT2D eigenvalue weighted by molar-refractivity contribution is 14.2. The van der Waals surface area contributed by atoms with Crippen molar-refractivity contribution >= 4 is 30.1 Å². The first-order valence-corrected chi connectivity index (χ1v) is 6.62. The summed E-state index contributed by atoms with van der Waals surface area (Å²) in [7, 11) is 2.80. The van der Waals surface area contributed by atoms with Crippen molar-refractivity contribution in [3.63, 3.8) is 0 Å². The molecule has 13 heavy (non-hydrogen) atoms. The van der Waals surface area contributed by atoms with Crippen molar-refractivity contribution in [3.05, 3.63) is 23.6 Å². The van der Waals surface area contributed by atoms with Crippen molar-refractivity contribution in [1.29, 1.82) is 0 Å². The van der Waals surface area contributed by atoms with E-state index < -0.39 is 5.82 Å². The molecule has 5 heteroatoms. The third-order valence-corrected chi connectivity index (χ3v) is 2.08. The second kappa shape index (κ2) is 5.29. The molecular formula is C8H5FINOS. The highest BCUT2D eigenvalue weighted by Gasteiger charge is 2.02. The van der Waals surface area contributed by atoms with Gasteiger partial charge in [-0.1, -0.05) is 0 Å². The summed E-state index contributed by atoms with van der Waals surface area (Å²) < 4.78 is 17.6. The maximum absolute atomic E-state index is 12.7. The topological polar surface area (TPSA) is 22.1 Å². The van der Waals surface area contributed by atoms with Crippen LogP contribution in [0.1, 0.15) is 5.56 Å². The van der Waals surface area contributed by atoms with Crippen LogP contribution in [0, 0.1) is 17.0 Å². The summed E-state index contributed by atoms with van der Waals surface area (Å²) >= 11 is 2.03. The molecule has 0 bridgehead atoms. The van der Waals surface area contributed by atoms with Gasteiger partial charge in [-0.2, -0.15) is 0 Å². The minimum absolute atomic E-state index is 0.347. The Morgan fingerprint density at radius 2 is 2.46 bits per heavy atom. The molecule has 68 valence electrons. The molecule has 0 N–H and O–H groups in total. The number of ether oxygens (including phenoxy) is 1. The van der Waals surface area contributed by atoms with Crippen molar-refractivity contribution in [2.24, 2.45) is 0 Å². The van der Waals surface area contributed by atoms with Gasteiger partial charge < -0.3 is 4.74 Å². The van der Waals surface area contributed by atoms with E-state index in [0.29, 0.717) is 11.4 Å². The molecular weight excluding hydrogens is 304 g/mol. The van der Waals surface area contributed by atoms with Gasteiger partial charge in [-0.15, -0.1) is 0 Å². The summed E-state index contributed by atoms with van der Waals surface area (Å²) in [4.78, 5) is 3.74. The summed E-state index contributed by atoms with van der Waals surface area (Å²) in [5.74, 6) is 2.67. The summed E-state index contributed by atoms with van der Waals surface area (Å²) in [6.45, 7) is 0. The van der Waals surface area contributed by atoms with E-state index in [2.05, 4.69) is 16.2 Å². The quantitative estimate of drug-likeness (QED) is 0.588. The number of aromatic nitrogens is 1. The van der Waals surface area contributed by atoms with Crippen molar-refractivity contribution < 1.29 is 9.13 Å². The lowest BCUT2D eigenvalue weighted by molar-refractivity contribution is 0.394. The minimum Gasteiger partial charge on any atom is -0.480 e. The average Bonchev–Trinajstić information content (AvgIpc) is 2.15. The number of nitrogens with zero attached hydrogens (tertiary/aromatic N) is 1. The molecule has 0 aliphatic rings. The number of hydrogen-bond donors (Lipinski definition) is 0. The van der Waals surface area contributed by atoms with Crippen LogP contribution >= 0.6 is 30.1 Å². The number of methoxy groups -OCH3 is 1. The molecule has 0 radical (unpaired) electrons. The van der Waals surface area contributed by atoms with Crippen molar-refractivity contribution in [2.45, 2.75) is 0 Å². The molecule has 0 aliphatic heterocycles. The molecule has 2 nitrogen and oxygen atoms in total. The monoisotopic (exact) mass is 309 g/mol. The highest BCUT2D eigenvalue weighted by atomic mass is 127. The van der Waals surface area contributed by atoms with E-state index >= 15 is 0 Å². The van der Waals surface area contributed by atoms with E-state index in [1.54, 1.807) is 0 Å². The summed E-state index contributed by atoms with van der Waals surface area (Å²) in [6.07, 6.45) is 1.10. The SMILES string of the molecule is COc1ncc(F)cc1C#CSI. The van der Waals surface area contributed by atoms with Crippen LogP contribution in [0.2, 0.25) is 0 Å². The van der Waals surface area contributed by atoms with Crippen molar-refractivity contribution in [2.75, 3.05) is 7.11 Å². The number of halogens is 2. The molecule has 1 rings (SSSR count). The molecule has 0 atom stereocenters. The average molecular weight is 309 g/mol. The van der Waals surface area contributed by atoms with Gasteiger partial charge in [0.05, 0.1) is 18.9 Å². The largest absolute Gasteiger partial charge is 0.480 e. The maximum atomic E-state index is 12.7. The summed E-state index contributed by atoms with van der Waals surface area (Å²) in [5.41, 5.74) is 0.465. The van der Waals surface area contributed by atoms with Crippen LogP contribution in [-0.4, -0.2) is 12.1 Å². The van der Waals surface area contributed by atoms with Gasteiger partial charge in [0.2, 0.25) is 5.88 Å². The van der Waals surface area contributed by atoms with E-state index in [1.807, 2.05) is 21.2 Å². The van der Waals surface area contributed by atoms with Crippen LogP contribution in [0.15, 0.2) is 12.3 Å². The maximum Gasteiger partial charge on any atom is 0.229 e. The zero-order valence-electron chi connectivity index (χ0n) is 6.67. The number of pyridine rings is 1. The molecule has 1 aromatic heterocycles. The normalized spacial score (nSPS) is 8.85. The molecule has 0 aromatic carbocycles. The molecule has 0 fully saturated rings. The molecule has 0 amide bonds. The predicted octanol–water partition coefficient (Wildman–Crippen LogP) is 2.62. The van der Waals surface area contributed by atoms with Crippen molar-refractivity contribution in [1.82, 2.24) is 4.98 Å². The molecule has 0 spiro atoms. The molecule has 1 aromatic rings. The Bertz CT molecular complexity index is 361. The smallest absolute Gasteiger partial charge is 0.229 e. The Morgan fingerprint density at radius 1 is 1.69 bits per heavy atom. The highest BCUT2D eigenvalue weighted by Crippen LogP contribution is 2.15. The van der Waals surface area contributed by atoms with Gasteiger partial charge in [0.25, 0.3) is 0 Å². The minimum atomic E-state index is -0.413. The molecule has 0 saturated heterocycles. The lowest BCUT2D eigenvalue weighted by Gasteiger charge is -2.00. The van der Waals surface area contributed by atoms with Crippen LogP contribution in [0.3, 0.4) is 0 Å². The number of hydrogen-bond acceptors (Lipinski definition) is 3. The van der Waals surface area contributed by atoms with Crippen LogP contribution in [0.25, 0.3) is 0 Å². The van der Waals surface area contributed by atoms with Crippen LogP contribution in [0.5, 0.6) is 5.88 Å². The van der Waals surface area contributed by atoms with E-state index in [0.717, 1.165) is 6.20 Å². The summed E-state index contributed by atoms with van der Waals surface area (Å²) in [6, 6.07) is 1.30. The van der Waals surface area contributed by atoms with E-state index in [1.165, 1.54) is 22.1 Å². The Kier molecular flexibility index (Phi) is 4.32. The second-order valence-electron chi connectivity index (χ2n) is 2.01. The fourth-order valence-corrected chi connectivity index (χ4v) is 1.23.